The van der Waals surface area contributed by atoms with Crippen LogP contribution >= 0.6 is 15.9 Å². The maximum absolute atomic E-state index is 13.2. The van der Waals surface area contributed by atoms with Crippen molar-refractivity contribution in [3.05, 3.63) is 32.5 Å². The molecule has 0 aliphatic rings. The molecule has 2 N–H and O–H groups in total. The highest BCUT2D eigenvalue weighted by Gasteiger charge is 2.17. The van der Waals surface area contributed by atoms with Crippen molar-refractivity contribution >= 4 is 33.2 Å². The lowest BCUT2D eigenvalue weighted by molar-refractivity contribution is -0.384. The molecular weight excluding hydrogens is 309 g/mol. The molecule has 0 spiro atoms. The van der Waals surface area contributed by atoms with Crippen molar-refractivity contribution in [1.29, 1.82) is 0 Å². The van der Waals surface area contributed by atoms with Gasteiger partial charge in [-0.2, -0.15) is 0 Å². The van der Waals surface area contributed by atoms with Gasteiger partial charge >= 0.3 is 0 Å². The SMILES string of the molecule is CCNC(=O)CNc1cc(Br)c(F)cc1[N+](=O)[O-]. The zero-order valence-electron chi connectivity index (χ0n) is 9.50. The number of hydrogen-bond acceptors (Lipinski definition) is 4. The van der Waals surface area contributed by atoms with E-state index in [4.69, 9.17) is 0 Å². The van der Waals surface area contributed by atoms with Gasteiger partial charge in [-0.25, -0.2) is 4.39 Å². The first-order chi connectivity index (χ1) is 8.45. The van der Waals surface area contributed by atoms with Gasteiger partial charge in [-0.3, -0.25) is 14.9 Å². The smallest absolute Gasteiger partial charge is 0.295 e. The van der Waals surface area contributed by atoms with Crippen molar-refractivity contribution in [2.75, 3.05) is 18.4 Å². The molecular formula is C10H11BrFN3O3. The summed E-state index contributed by atoms with van der Waals surface area (Å²) in [6.07, 6.45) is 0. The van der Waals surface area contributed by atoms with Crippen LogP contribution in [0.4, 0.5) is 15.8 Å². The van der Waals surface area contributed by atoms with E-state index in [0.29, 0.717) is 6.54 Å². The van der Waals surface area contributed by atoms with E-state index in [1.165, 1.54) is 6.07 Å². The Hall–Kier alpha value is -1.70. The Morgan fingerprint density at radius 1 is 1.56 bits per heavy atom. The molecule has 0 radical (unpaired) electrons. The average molecular weight is 320 g/mol. The molecule has 0 heterocycles. The molecule has 1 aromatic rings. The van der Waals surface area contributed by atoms with Crippen LogP contribution in [0, 0.1) is 15.9 Å². The minimum Gasteiger partial charge on any atom is -0.371 e. The Labute approximate surface area is 111 Å². The maximum atomic E-state index is 13.2. The molecule has 1 aromatic carbocycles. The summed E-state index contributed by atoms with van der Waals surface area (Å²) in [6, 6.07) is 2.02. The Balaban J connectivity index is 2.90. The maximum Gasteiger partial charge on any atom is 0.295 e. The van der Waals surface area contributed by atoms with Gasteiger partial charge in [0, 0.05) is 6.54 Å². The zero-order chi connectivity index (χ0) is 13.7. The highest BCUT2D eigenvalue weighted by Crippen LogP contribution is 2.30. The van der Waals surface area contributed by atoms with Crippen molar-refractivity contribution in [1.82, 2.24) is 5.32 Å². The van der Waals surface area contributed by atoms with Crippen molar-refractivity contribution in [2.24, 2.45) is 0 Å². The third-order valence-electron chi connectivity index (χ3n) is 2.05. The normalized spacial score (nSPS) is 9.94. The van der Waals surface area contributed by atoms with Gasteiger partial charge in [0.1, 0.15) is 11.5 Å². The second kappa shape index (κ2) is 6.29. The molecule has 0 saturated carbocycles. The van der Waals surface area contributed by atoms with Gasteiger partial charge < -0.3 is 10.6 Å². The van der Waals surface area contributed by atoms with E-state index in [2.05, 4.69) is 26.6 Å². The highest BCUT2D eigenvalue weighted by molar-refractivity contribution is 9.10. The van der Waals surface area contributed by atoms with Crippen molar-refractivity contribution in [2.45, 2.75) is 6.92 Å². The van der Waals surface area contributed by atoms with Crippen LogP contribution in [0.3, 0.4) is 0 Å². The van der Waals surface area contributed by atoms with Crippen LogP contribution in [-0.2, 0) is 4.79 Å². The number of nitro groups is 1. The molecule has 0 fully saturated rings. The molecule has 0 bridgehead atoms. The van der Waals surface area contributed by atoms with E-state index in [9.17, 15) is 19.3 Å². The third kappa shape index (κ3) is 3.66. The summed E-state index contributed by atoms with van der Waals surface area (Å²) < 4.78 is 13.3. The molecule has 18 heavy (non-hydrogen) atoms. The second-order valence-electron chi connectivity index (χ2n) is 3.35. The number of amides is 1. The van der Waals surface area contributed by atoms with Gasteiger partial charge in [0.05, 0.1) is 22.0 Å². The topological polar surface area (TPSA) is 84.3 Å². The van der Waals surface area contributed by atoms with E-state index < -0.39 is 16.4 Å². The standard InChI is InChI=1S/C10H11BrFN3O3/c1-2-13-10(16)5-14-8-3-6(11)7(12)4-9(8)15(17)18/h3-4,14H,2,5H2,1H3,(H,13,16). The number of halogens is 2. The van der Waals surface area contributed by atoms with Crippen molar-refractivity contribution in [3.63, 3.8) is 0 Å². The summed E-state index contributed by atoms with van der Waals surface area (Å²) >= 11 is 2.93. The molecule has 0 aromatic heterocycles. The lowest BCUT2D eigenvalue weighted by atomic mass is 10.2. The second-order valence-corrected chi connectivity index (χ2v) is 4.20. The van der Waals surface area contributed by atoms with Crippen LogP contribution < -0.4 is 10.6 Å². The summed E-state index contributed by atoms with van der Waals surface area (Å²) in [7, 11) is 0. The Morgan fingerprint density at radius 3 is 2.78 bits per heavy atom. The third-order valence-corrected chi connectivity index (χ3v) is 2.66. The number of carbonyl (C=O) groups excluding carboxylic acids is 1. The number of carbonyl (C=O) groups is 1. The number of nitrogens with one attached hydrogen (secondary N) is 2. The number of rotatable bonds is 5. The van der Waals surface area contributed by atoms with E-state index in [1.807, 2.05) is 0 Å². The fraction of sp³-hybridized carbons (Fsp3) is 0.300. The molecule has 98 valence electrons. The van der Waals surface area contributed by atoms with Gasteiger partial charge in [0.2, 0.25) is 5.91 Å². The van der Waals surface area contributed by atoms with Gasteiger partial charge in [-0.15, -0.1) is 0 Å². The van der Waals surface area contributed by atoms with Crippen molar-refractivity contribution < 1.29 is 14.1 Å². The Kier molecular flexibility index (Phi) is 5.02. The van der Waals surface area contributed by atoms with Crippen LogP contribution in [0.5, 0.6) is 0 Å². The summed E-state index contributed by atoms with van der Waals surface area (Å²) in [6.45, 7) is 2.11. The van der Waals surface area contributed by atoms with Gasteiger partial charge in [-0.1, -0.05) is 0 Å². The van der Waals surface area contributed by atoms with Gasteiger partial charge in [0.25, 0.3) is 5.69 Å². The number of likely N-dealkylation sites (N-methyl/N-ethyl adjacent to an activating group) is 1. The quantitative estimate of drug-likeness (QED) is 0.642. The van der Waals surface area contributed by atoms with E-state index in [1.54, 1.807) is 6.92 Å². The van der Waals surface area contributed by atoms with Crippen LogP contribution in [0.25, 0.3) is 0 Å². The lowest BCUT2D eigenvalue weighted by Crippen LogP contribution is -2.29. The monoisotopic (exact) mass is 319 g/mol. The predicted octanol–water partition coefficient (Wildman–Crippen LogP) is 2.04. The molecule has 8 heteroatoms. The first-order valence-electron chi connectivity index (χ1n) is 5.09. The van der Waals surface area contributed by atoms with Gasteiger partial charge in [0.15, 0.2) is 0 Å². The van der Waals surface area contributed by atoms with Crippen LogP contribution in [-0.4, -0.2) is 23.9 Å². The first kappa shape index (κ1) is 14.4. The summed E-state index contributed by atoms with van der Waals surface area (Å²) in [4.78, 5) is 21.2. The largest absolute Gasteiger partial charge is 0.371 e. The molecule has 1 rings (SSSR count). The highest BCUT2D eigenvalue weighted by atomic mass is 79.9. The number of anilines is 1. The summed E-state index contributed by atoms with van der Waals surface area (Å²) in [5, 5.41) is 15.9. The molecule has 0 saturated heterocycles. The average Bonchev–Trinajstić information content (AvgIpc) is 2.30. The van der Waals surface area contributed by atoms with Crippen LogP contribution in [0.1, 0.15) is 6.92 Å². The number of nitro benzene ring substituents is 1. The fourth-order valence-corrected chi connectivity index (χ4v) is 1.61. The number of hydrogen-bond donors (Lipinski definition) is 2. The molecule has 0 atom stereocenters. The molecule has 6 nitrogen and oxygen atoms in total. The Bertz CT molecular complexity index is 482. The zero-order valence-corrected chi connectivity index (χ0v) is 11.1. The summed E-state index contributed by atoms with van der Waals surface area (Å²) in [5.41, 5.74) is -0.334. The molecule has 0 aliphatic carbocycles. The molecule has 0 aliphatic heterocycles. The molecule has 1 amide bonds. The number of nitrogens with zero attached hydrogens (tertiary/aromatic N) is 1. The van der Waals surface area contributed by atoms with E-state index in [0.717, 1.165) is 6.07 Å². The predicted molar refractivity (Wildman–Crippen MR) is 67.9 cm³/mol. The van der Waals surface area contributed by atoms with Crippen LogP contribution in [0.15, 0.2) is 16.6 Å². The minimum atomic E-state index is -0.731. The van der Waals surface area contributed by atoms with E-state index in [-0.39, 0.29) is 22.6 Å². The summed E-state index contributed by atoms with van der Waals surface area (Å²) in [5.74, 6) is -1.03. The minimum absolute atomic E-state index is 0.0829. The van der Waals surface area contributed by atoms with Crippen LogP contribution in [0.2, 0.25) is 0 Å². The van der Waals surface area contributed by atoms with Gasteiger partial charge in [-0.05, 0) is 28.9 Å². The molecule has 0 unspecified atom stereocenters. The van der Waals surface area contributed by atoms with E-state index >= 15 is 0 Å². The lowest BCUT2D eigenvalue weighted by Gasteiger charge is -2.08. The Morgan fingerprint density at radius 2 is 2.22 bits per heavy atom. The number of benzene rings is 1. The fourth-order valence-electron chi connectivity index (χ4n) is 1.26. The van der Waals surface area contributed by atoms with Crippen molar-refractivity contribution in [3.8, 4) is 0 Å². The first-order valence-corrected chi connectivity index (χ1v) is 5.89.